The van der Waals surface area contributed by atoms with Crippen LogP contribution in [0.2, 0.25) is 0 Å². The van der Waals surface area contributed by atoms with E-state index in [0.717, 1.165) is 24.2 Å². The molecular formula is C15H16O2. The third-order valence-corrected chi connectivity index (χ3v) is 3.79. The zero-order valence-corrected chi connectivity index (χ0v) is 10.2. The predicted molar refractivity (Wildman–Crippen MR) is 66.1 cm³/mol. The van der Waals surface area contributed by atoms with Crippen LogP contribution in [0.1, 0.15) is 31.4 Å². The molecule has 2 unspecified atom stereocenters. The molecule has 0 radical (unpaired) electrons. The normalized spacial score (nSPS) is 25.8. The summed E-state index contributed by atoms with van der Waals surface area (Å²) in [6, 6.07) is 8.44. The molecule has 88 valence electrons. The number of carbonyl (C=O) groups is 1. The van der Waals surface area contributed by atoms with Gasteiger partial charge in [-0.3, -0.25) is 4.79 Å². The van der Waals surface area contributed by atoms with E-state index in [9.17, 15) is 4.79 Å². The molecule has 0 amide bonds. The van der Waals surface area contributed by atoms with Gasteiger partial charge in [-0.2, -0.15) is 0 Å². The summed E-state index contributed by atoms with van der Waals surface area (Å²) < 4.78 is 5.43. The van der Waals surface area contributed by atoms with E-state index in [2.05, 4.69) is 25.1 Å². The maximum atomic E-state index is 11.2. The average molecular weight is 228 g/mol. The summed E-state index contributed by atoms with van der Waals surface area (Å²) >= 11 is 0. The van der Waals surface area contributed by atoms with Crippen molar-refractivity contribution in [2.75, 3.05) is 0 Å². The molecule has 1 fully saturated rings. The Morgan fingerprint density at radius 2 is 2.12 bits per heavy atom. The van der Waals surface area contributed by atoms with Gasteiger partial charge >= 0.3 is 5.97 Å². The van der Waals surface area contributed by atoms with Crippen LogP contribution in [0.4, 0.5) is 0 Å². The van der Waals surface area contributed by atoms with Crippen LogP contribution in [-0.2, 0) is 16.0 Å². The lowest BCUT2D eigenvalue weighted by molar-refractivity contribution is -0.137. The number of esters is 1. The molecule has 2 nitrogen and oxygen atoms in total. The Hall–Kier alpha value is -1.57. The molecule has 1 aromatic carbocycles. The summed E-state index contributed by atoms with van der Waals surface area (Å²) in [6.45, 7) is 3.55. The van der Waals surface area contributed by atoms with Gasteiger partial charge < -0.3 is 4.74 Å². The van der Waals surface area contributed by atoms with Crippen molar-refractivity contribution in [2.45, 2.75) is 26.7 Å². The zero-order valence-electron chi connectivity index (χ0n) is 10.2. The van der Waals surface area contributed by atoms with E-state index in [1.807, 2.05) is 6.07 Å². The highest BCUT2D eigenvalue weighted by Crippen LogP contribution is 2.51. The van der Waals surface area contributed by atoms with Gasteiger partial charge in [-0.1, -0.05) is 24.3 Å². The fraction of sp³-hybridized carbons (Fsp3) is 0.400. The van der Waals surface area contributed by atoms with Crippen LogP contribution in [-0.4, -0.2) is 5.97 Å². The summed E-state index contributed by atoms with van der Waals surface area (Å²) in [5.74, 6) is 1.84. The Kier molecular flexibility index (Phi) is 2.32. The zero-order chi connectivity index (χ0) is 12.0. The summed E-state index contributed by atoms with van der Waals surface area (Å²) in [5.41, 5.74) is 3.77. The van der Waals surface area contributed by atoms with Crippen LogP contribution < -0.4 is 0 Å². The van der Waals surface area contributed by atoms with Crippen LogP contribution >= 0.6 is 0 Å². The predicted octanol–water partition coefficient (Wildman–Crippen LogP) is 3.17. The molecule has 1 saturated carbocycles. The van der Waals surface area contributed by atoms with Crippen molar-refractivity contribution in [1.29, 1.82) is 0 Å². The Balaban J connectivity index is 2.09. The van der Waals surface area contributed by atoms with Gasteiger partial charge in [0.2, 0.25) is 0 Å². The number of rotatable bonds is 1. The summed E-state index contributed by atoms with van der Waals surface area (Å²) in [7, 11) is 0. The molecule has 2 aliphatic carbocycles. The first-order valence-corrected chi connectivity index (χ1v) is 6.14. The number of allylic oxidation sites excluding steroid dienone is 2. The average Bonchev–Trinajstić information content (AvgIpc) is 3.04. The molecule has 2 atom stereocenters. The maximum Gasteiger partial charge on any atom is 0.307 e. The first-order chi connectivity index (χ1) is 8.16. The number of ether oxygens (including phenoxy) is 1. The summed E-state index contributed by atoms with van der Waals surface area (Å²) in [4.78, 5) is 11.2. The number of hydrogen-bond donors (Lipinski definition) is 0. The number of hydrogen-bond acceptors (Lipinski definition) is 2. The van der Waals surface area contributed by atoms with Crippen molar-refractivity contribution < 1.29 is 9.53 Å². The first-order valence-electron chi connectivity index (χ1n) is 6.14. The van der Waals surface area contributed by atoms with Crippen LogP contribution in [0, 0.1) is 11.8 Å². The Morgan fingerprint density at radius 3 is 2.88 bits per heavy atom. The highest BCUT2D eigenvalue weighted by molar-refractivity contribution is 5.75. The highest BCUT2D eigenvalue weighted by atomic mass is 16.5. The highest BCUT2D eigenvalue weighted by Gasteiger charge is 2.44. The van der Waals surface area contributed by atoms with Crippen molar-refractivity contribution >= 4 is 11.5 Å². The van der Waals surface area contributed by atoms with E-state index in [-0.39, 0.29) is 5.97 Å². The van der Waals surface area contributed by atoms with Gasteiger partial charge in [0, 0.05) is 12.8 Å². The quantitative estimate of drug-likeness (QED) is 0.690. The van der Waals surface area contributed by atoms with Crippen LogP contribution in [0.3, 0.4) is 0 Å². The summed E-state index contributed by atoms with van der Waals surface area (Å²) in [6.07, 6.45) is 2.28. The minimum atomic E-state index is -0.204. The minimum Gasteiger partial charge on any atom is -0.431 e. The van der Waals surface area contributed by atoms with E-state index in [1.54, 1.807) is 0 Å². The van der Waals surface area contributed by atoms with E-state index in [0.29, 0.717) is 11.8 Å². The molecule has 0 aliphatic heterocycles. The maximum absolute atomic E-state index is 11.2. The Bertz CT molecular complexity index is 513. The topological polar surface area (TPSA) is 26.3 Å². The summed E-state index contributed by atoms with van der Waals surface area (Å²) in [5, 5.41) is 0. The molecule has 0 heterocycles. The van der Waals surface area contributed by atoms with Gasteiger partial charge in [-0.05, 0) is 42.4 Å². The monoisotopic (exact) mass is 228 g/mol. The van der Waals surface area contributed by atoms with Crippen LogP contribution in [0.15, 0.2) is 30.0 Å². The van der Waals surface area contributed by atoms with E-state index >= 15 is 0 Å². The molecule has 0 spiro atoms. The molecule has 2 heteroatoms. The van der Waals surface area contributed by atoms with Crippen molar-refractivity contribution in [1.82, 2.24) is 0 Å². The van der Waals surface area contributed by atoms with Gasteiger partial charge in [0.25, 0.3) is 0 Å². The Morgan fingerprint density at radius 1 is 1.35 bits per heavy atom. The molecule has 3 rings (SSSR count). The SMILES string of the molecule is CC(=O)OC1=C(C)c2ccccc2CC2CC12. The third-order valence-electron chi connectivity index (χ3n) is 3.79. The first kappa shape index (κ1) is 10.6. The second-order valence-electron chi connectivity index (χ2n) is 5.05. The lowest BCUT2D eigenvalue weighted by Crippen LogP contribution is -2.03. The molecule has 0 N–H and O–H groups in total. The molecule has 0 aromatic heterocycles. The second-order valence-corrected chi connectivity index (χ2v) is 5.05. The number of carbonyl (C=O) groups excluding carboxylic acids is 1. The lowest BCUT2D eigenvalue weighted by atomic mass is 9.98. The van der Waals surface area contributed by atoms with Gasteiger partial charge in [-0.15, -0.1) is 0 Å². The van der Waals surface area contributed by atoms with E-state index < -0.39 is 0 Å². The molecule has 1 aromatic rings. The van der Waals surface area contributed by atoms with Crippen molar-refractivity contribution in [3.63, 3.8) is 0 Å². The third kappa shape index (κ3) is 1.78. The smallest absolute Gasteiger partial charge is 0.307 e. The van der Waals surface area contributed by atoms with E-state index in [1.165, 1.54) is 18.1 Å². The molecule has 0 bridgehead atoms. The molecule has 2 aliphatic rings. The number of benzene rings is 1. The van der Waals surface area contributed by atoms with Gasteiger partial charge in [0.15, 0.2) is 0 Å². The van der Waals surface area contributed by atoms with Crippen LogP contribution in [0.25, 0.3) is 5.57 Å². The van der Waals surface area contributed by atoms with Crippen molar-refractivity contribution in [3.8, 4) is 0 Å². The van der Waals surface area contributed by atoms with Crippen molar-refractivity contribution in [3.05, 3.63) is 41.2 Å². The minimum absolute atomic E-state index is 0.204. The standard InChI is InChI=1S/C15H16O2/c1-9-13-6-4-3-5-11(13)7-12-8-14(12)15(9)17-10(2)16/h3-6,12,14H,7-8H2,1-2H3. The fourth-order valence-electron chi connectivity index (χ4n) is 2.86. The molecule has 17 heavy (non-hydrogen) atoms. The van der Waals surface area contributed by atoms with Gasteiger partial charge in [0.1, 0.15) is 5.76 Å². The largest absolute Gasteiger partial charge is 0.431 e. The fourth-order valence-corrected chi connectivity index (χ4v) is 2.86. The van der Waals surface area contributed by atoms with Crippen molar-refractivity contribution in [2.24, 2.45) is 11.8 Å². The molecular weight excluding hydrogens is 212 g/mol. The molecule has 0 saturated heterocycles. The van der Waals surface area contributed by atoms with Gasteiger partial charge in [-0.25, -0.2) is 0 Å². The Labute approximate surface area is 101 Å². The number of fused-ring (bicyclic) bond motifs is 2. The van der Waals surface area contributed by atoms with Crippen LogP contribution in [0.5, 0.6) is 0 Å². The van der Waals surface area contributed by atoms with Gasteiger partial charge in [0.05, 0.1) is 0 Å². The second kappa shape index (κ2) is 3.73. The van der Waals surface area contributed by atoms with E-state index in [4.69, 9.17) is 4.74 Å². The lowest BCUT2D eigenvalue weighted by Gasteiger charge is -2.11.